The van der Waals surface area contributed by atoms with E-state index < -0.39 is 0 Å². The maximum Gasteiger partial charge on any atom is 0.227 e. The molecule has 1 atom stereocenters. The van der Waals surface area contributed by atoms with Crippen LogP contribution in [0.1, 0.15) is 37.0 Å². The lowest BCUT2D eigenvalue weighted by Crippen LogP contribution is -2.31. The van der Waals surface area contributed by atoms with E-state index in [1.807, 2.05) is 46.0 Å². The largest absolute Gasteiger partial charge is 0.340 e. The van der Waals surface area contributed by atoms with Crippen molar-refractivity contribution in [1.82, 2.24) is 25.0 Å². The van der Waals surface area contributed by atoms with Gasteiger partial charge < -0.3 is 14.4 Å². The highest BCUT2D eigenvalue weighted by atomic mass is 32.1. The number of benzene rings is 1. The van der Waals surface area contributed by atoms with Crippen LogP contribution in [0.15, 0.2) is 45.6 Å². The molecule has 7 nitrogen and oxygen atoms in total. The van der Waals surface area contributed by atoms with Gasteiger partial charge in [-0.25, -0.2) is 4.98 Å². The van der Waals surface area contributed by atoms with Gasteiger partial charge in [0.1, 0.15) is 5.82 Å². The van der Waals surface area contributed by atoms with Crippen LogP contribution in [0.5, 0.6) is 0 Å². The molecule has 142 valence electrons. The number of H-pyrrole nitrogens is 1. The van der Waals surface area contributed by atoms with E-state index in [0.29, 0.717) is 24.6 Å². The molecule has 1 amide bonds. The average Bonchev–Trinajstić information content (AvgIpc) is 3.50. The molecule has 1 aliphatic rings. The Morgan fingerprint density at radius 2 is 2.21 bits per heavy atom. The SMILES string of the molecule is O=C(CCc1nc(-c2ccsc2)no1)N1CCC[C@@H]1c1nc2ccccc2[nH]1. The van der Waals surface area contributed by atoms with Gasteiger partial charge in [-0.15, -0.1) is 0 Å². The van der Waals surface area contributed by atoms with E-state index in [1.165, 1.54) is 0 Å². The Hall–Kier alpha value is -3.00. The van der Waals surface area contributed by atoms with Crippen molar-refractivity contribution in [2.45, 2.75) is 31.7 Å². The maximum absolute atomic E-state index is 12.8. The summed E-state index contributed by atoms with van der Waals surface area (Å²) in [5.41, 5.74) is 2.88. The van der Waals surface area contributed by atoms with Crippen molar-refractivity contribution in [3.63, 3.8) is 0 Å². The zero-order valence-electron chi connectivity index (χ0n) is 15.2. The number of aromatic amines is 1. The molecule has 1 aliphatic heterocycles. The number of hydrogen-bond donors (Lipinski definition) is 1. The first-order valence-corrected chi connectivity index (χ1v) is 10.3. The van der Waals surface area contributed by atoms with Crippen LogP contribution in [0, 0.1) is 0 Å². The van der Waals surface area contributed by atoms with Gasteiger partial charge in [-0.2, -0.15) is 16.3 Å². The number of likely N-dealkylation sites (tertiary alicyclic amines) is 1. The number of thiophene rings is 1. The number of aromatic nitrogens is 4. The molecule has 0 aliphatic carbocycles. The van der Waals surface area contributed by atoms with Gasteiger partial charge >= 0.3 is 0 Å². The highest BCUT2D eigenvalue weighted by Crippen LogP contribution is 2.32. The monoisotopic (exact) mass is 393 g/mol. The first-order valence-electron chi connectivity index (χ1n) is 9.37. The van der Waals surface area contributed by atoms with E-state index in [2.05, 4.69) is 20.1 Å². The molecule has 4 heterocycles. The van der Waals surface area contributed by atoms with E-state index in [1.54, 1.807) is 11.3 Å². The summed E-state index contributed by atoms with van der Waals surface area (Å²) in [6.45, 7) is 0.754. The smallest absolute Gasteiger partial charge is 0.227 e. The second kappa shape index (κ2) is 7.20. The predicted molar refractivity (Wildman–Crippen MR) is 106 cm³/mol. The number of amides is 1. The number of aryl methyl sites for hydroxylation is 1. The quantitative estimate of drug-likeness (QED) is 0.554. The van der Waals surface area contributed by atoms with Crippen molar-refractivity contribution in [3.05, 3.63) is 52.8 Å². The number of imidazole rings is 1. The molecule has 4 aromatic rings. The second-order valence-electron chi connectivity index (χ2n) is 6.91. The molecule has 0 saturated carbocycles. The lowest BCUT2D eigenvalue weighted by Gasteiger charge is -2.23. The van der Waals surface area contributed by atoms with E-state index in [9.17, 15) is 4.79 Å². The highest BCUT2D eigenvalue weighted by Gasteiger charge is 2.32. The first-order chi connectivity index (χ1) is 13.8. The summed E-state index contributed by atoms with van der Waals surface area (Å²) >= 11 is 1.59. The molecule has 1 N–H and O–H groups in total. The van der Waals surface area contributed by atoms with Crippen molar-refractivity contribution >= 4 is 28.3 Å². The van der Waals surface area contributed by atoms with E-state index >= 15 is 0 Å². The molecular weight excluding hydrogens is 374 g/mol. The van der Waals surface area contributed by atoms with Crippen LogP contribution < -0.4 is 0 Å². The number of hydrogen-bond acceptors (Lipinski definition) is 6. The topological polar surface area (TPSA) is 87.9 Å². The summed E-state index contributed by atoms with van der Waals surface area (Å²) in [6, 6.07) is 9.90. The van der Waals surface area contributed by atoms with E-state index in [4.69, 9.17) is 4.52 Å². The third kappa shape index (κ3) is 3.20. The van der Waals surface area contributed by atoms with Crippen LogP contribution in [-0.2, 0) is 11.2 Å². The van der Waals surface area contributed by atoms with Gasteiger partial charge in [-0.05, 0) is 36.4 Å². The average molecular weight is 393 g/mol. The molecule has 0 unspecified atom stereocenters. The number of para-hydroxylation sites is 2. The lowest BCUT2D eigenvalue weighted by molar-refractivity contribution is -0.132. The van der Waals surface area contributed by atoms with Crippen LogP contribution in [0.3, 0.4) is 0 Å². The zero-order valence-corrected chi connectivity index (χ0v) is 16.0. The predicted octanol–water partition coefficient (Wildman–Crippen LogP) is 3.97. The van der Waals surface area contributed by atoms with Gasteiger partial charge in [-0.1, -0.05) is 17.3 Å². The zero-order chi connectivity index (χ0) is 18.9. The number of carbonyl (C=O) groups is 1. The number of carbonyl (C=O) groups excluding carboxylic acids is 1. The summed E-state index contributed by atoms with van der Waals surface area (Å²) < 4.78 is 5.31. The number of nitrogens with one attached hydrogen (secondary N) is 1. The molecule has 0 bridgehead atoms. The summed E-state index contributed by atoms with van der Waals surface area (Å²) in [7, 11) is 0. The molecule has 8 heteroatoms. The number of rotatable bonds is 5. The Morgan fingerprint density at radius 3 is 3.07 bits per heavy atom. The minimum absolute atomic E-state index is 0.00366. The van der Waals surface area contributed by atoms with Crippen LogP contribution >= 0.6 is 11.3 Å². The molecule has 1 fully saturated rings. The number of fused-ring (bicyclic) bond motifs is 1. The molecule has 3 aromatic heterocycles. The molecule has 1 aromatic carbocycles. The molecule has 1 saturated heterocycles. The fourth-order valence-corrected chi connectivity index (χ4v) is 4.34. The van der Waals surface area contributed by atoms with E-state index in [0.717, 1.165) is 41.8 Å². The van der Waals surface area contributed by atoms with Crippen molar-refractivity contribution < 1.29 is 9.32 Å². The van der Waals surface area contributed by atoms with Gasteiger partial charge in [-0.3, -0.25) is 4.79 Å². The Labute approximate surface area is 165 Å². The fraction of sp³-hybridized carbons (Fsp3) is 0.300. The summed E-state index contributed by atoms with van der Waals surface area (Å²) in [5, 5.41) is 7.95. The third-order valence-electron chi connectivity index (χ3n) is 5.10. The van der Waals surface area contributed by atoms with Crippen molar-refractivity contribution in [1.29, 1.82) is 0 Å². The highest BCUT2D eigenvalue weighted by molar-refractivity contribution is 7.08. The van der Waals surface area contributed by atoms with Crippen LogP contribution in [0.2, 0.25) is 0 Å². The Bertz CT molecular complexity index is 1070. The summed E-state index contributed by atoms with van der Waals surface area (Å²) in [4.78, 5) is 27.2. The Balaban J connectivity index is 1.27. The summed E-state index contributed by atoms with van der Waals surface area (Å²) in [6.07, 6.45) is 2.70. The van der Waals surface area contributed by atoms with Gasteiger partial charge in [0.2, 0.25) is 17.6 Å². The van der Waals surface area contributed by atoms with Crippen LogP contribution in [0.25, 0.3) is 22.4 Å². The van der Waals surface area contributed by atoms with Gasteiger partial charge in [0.25, 0.3) is 0 Å². The van der Waals surface area contributed by atoms with Crippen molar-refractivity contribution in [2.24, 2.45) is 0 Å². The maximum atomic E-state index is 12.8. The minimum atomic E-state index is 0.00366. The number of nitrogens with zero attached hydrogens (tertiary/aromatic N) is 4. The van der Waals surface area contributed by atoms with Gasteiger partial charge in [0, 0.05) is 30.3 Å². The molecule has 5 rings (SSSR count). The summed E-state index contributed by atoms with van der Waals surface area (Å²) in [5.74, 6) is 2.03. The van der Waals surface area contributed by atoms with Crippen LogP contribution in [-0.4, -0.2) is 37.5 Å². The fourth-order valence-electron chi connectivity index (χ4n) is 3.70. The third-order valence-corrected chi connectivity index (χ3v) is 5.78. The van der Waals surface area contributed by atoms with Gasteiger partial charge in [0.15, 0.2) is 0 Å². The minimum Gasteiger partial charge on any atom is -0.340 e. The van der Waals surface area contributed by atoms with Crippen molar-refractivity contribution in [2.75, 3.05) is 6.54 Å². The van der Waals surface area contributed by atoms with Gasteiger partial charge in [0.05, 0.1) is 17.1 Å². The molecule has 0 spiro atoms. The lowest BCUT2D eigenvalue weighted by atomic mass is 10.2. The van der Waals surface area contributed by atoms with Crippen molar-refractivity contribution in [3.8, 4) is 11.4 Å². The molecular formula is C20H19N5O2S. The normalized spacial score (nSPS) is 16.9. The van der Waals surface area contributed by atoms with E-state index in [-0.39, 0.29) is 11.9 Å². The van der Waals surface area contributed by atoms with Crippen LogP contribution in [0.4, 0.5) is 0 Å². The molecule has 28 heavy (non-hydrogen) atoms. The second-order valence-corrected chi connectivity index (χ2v) is 7.69. The molecule has 0 radical (unpaired) electrons. The Kier molecular flexibility index (Phi) is 4.40. The standard InChI is InChI=1S/C20H19N5O2S/c26-18(8-7-17-23-19(24-27-17)13-9-11-28-12-13)25-10-3-6-16(25)20-21-14-4-1-2-5-15(14)22-20/h1-2,4-5,9,11-12,16H,3,6-8,10H2,(H,21,22)/t16-/m1/s1. The first kappa shape index (κ1) is 17.1. The Morgan fingerprint density at radius 1 is 1.29 bits per heavy atom.